The third-order valence-electron chi connectivity index (χ3n) is 2.11. The first-order valence-electron chi connectivity index (χ1n) is 4.68. The molecule has 15 heavy (non-hydrogen) atoms. The quantitative estimate of drug-likeness (QED) is 0.766. The van der Waals surface area contributed by atoms with E-state index in [9.17, 15) is 4.79 Å². The van der Waals surface area contributed by atoms with Crippen LogP contribution in [0.2, 0.25) is 0 Å². The van der Waals surface area contributed by atoms with Crippen molar-refractivity contribution >= 4 is 5.97 Å². The topological polar surface area (TPSA) is 72.5 Å². The standard InChI is InChI=1S/C11H15NO3/c1-15-7-8-2-4-9(5-3-8)10(12)6-11(13)14/h2-5,10H,6-7,12H2,1H3,(H,13,14)/t10-/m1/s1. The van der Waals surface area contributed by atoms with Crippen molar-refractivity contribution in [1.82, 2.24) is 0 Å². The second-order valence-corrected chi connectivity index (χ2v) is 3.38. The Balaban J connectivity index is 2.66. The monoisotopic (exact) mass is 209 g/mol. The molecule has 1 atom stereocenters. The number of carboxylic acids is 1. The van der Waals surface area contributed by atoms with Crippen LogP contribution < -0.4 is 5.73 Å². The van der Waals surface area contributed by atoms with E-state index in [0.29, 0.717) is 6.61 Å². The van der Waals surface area contributed by atoms with Crippen LogP contribution in [0.4, 0.5) is 0 Å². The second-order valence-electron chi connectivity index (χ2n) is 3.38. The number of nitrogens with two attached hydrogens (primary N) is 1. The number of hydrogen-bond acceptors (Lipinski definition) is 3. The van der Waals surface area contributed by atoms with Crippen molar-refractivity contribution < 1.29 is 14.6 Å². The molecule has 1 aromatic rings. The predicted octanol–water partition coefficient (Wildman–Crippen LogP) is 1.31. The van der Waals surface area contributed by atoms with Crippen LogP contribution in [-0.4, -0.2) is 18.2 Å². The average Bonchev–Trinajstić information content (AvgIpc) is 2.18. The van der Waals surface area contributed by atoms with Gasteiger partial charge in [-0.15, -0.1) is 0 Å². The summed E-state index contributed by atoms with van der Waals surface area (Å²) in [7, 11) is 1.63. The van der Waals surface area contributed by atoms with Crippen LogP contribution in [-0.2, 0) is 16.1 Å². The van der Waals surface area contributed by atoms with Gasteiger partial charge in [-0.1, -0.05) is 24.3 Å². The number of hydrogen-bond donors (Lipinski definition) is 2. The van der Waals surface area contributed by atoms with Crippen LogP contribution >= 0.6 is 0 Å². The van der Waals surface area contributed by atoms with Crippen molar-refractivity contribution in [1.29, 1.82) is 0 Å². The third-order valence-corrected chi connectivity index (χ3v) is 2.11. The van der Waals surface area contributed by atoms with Gasteiger partial charge in [0.25, 0.3) is 0 Å². The molecule has 0 amide bonds. The Labute approximate surface area is 88.7 Å². The van der Waals surface area contributed by atoms with E-state index in [1.165, 1.54) is 0 Å². The molecule has 4 heteroatoms. The van der Waals surface area contributed by atoms with Gasteiger partial charge in [0.1, 0.15) is 0 Å². The highest BCUT2D eigenvalue weighted by Crippen LogP contribution is 2.15. The van der Waals surface area contributed by atoms with Gasteiger partial charge in [-0.05, 0) is 11.1 Å². The van der Waals surface area contributed by atoms with Crippen LogP contribution in [0, 0.1) is 0 Å². The van der Waals surface area contributed by atoms with Gasteiger partial charge in [0.2, 0.25) is 0 Å². The van der Waals surface area contributed by atoms with E-state index in [2.05, 4.69) is 0 Å². The summed E-state index contributed by atoms with van der Waals surface area (Å²) >= 11 is 0. The van der Waals surface area contributed by atoms with Crippen LogP contribution in [0.25, 0.3) is 0 Å². The Hall–Kier alpha value is -1.39. The molecule has 0 heterocycles. The summed E-state index contributed by atoms with van der Waals surface area (Å²) in [6.07, 6.45) is -0.0520. The molecular weight excluding hydrogens is 194 g/mol. The molecule has 0 aliphatic carbocycles. The summed E-state index contributed by atoms with van der Waals surface area (Å²) < 4.78 is 4.97. The Bertz CT molecular complexity index is 321. The van der Waals surface area contributed by atoms with Crippen molar-refractivity contribution in [2.45, 2.75) is 19.1 Å². The van der Waals surface area contributed by atoms with Crippen molar-refractivity contribution in [3.63, 3.8) is 0 Å². The minimum atomic E-state index is -0.886. The first-order chi connectivity index (χ1) is 7.13. The number of aliphatic carboxylic acids is 1. The zero-order valence-electron chi connectivity index (χ0n) is 8.64. The fourth-order valence-corrected chi connectivity index (χ4v) is 1.33. The van der Waals surface area contributed by atoms with E-state index in [1.807, 2.05) is 24.3 Å². The van der Waals surface area contributed by atoms with Crippen molar-refractivity contribution in [2.24, 2.45) is 5.73 Å². The summed E-state index contributed by atoms with van der Waals surface area (Å²) in [6.45, 7) is 0.550. The predicted molar refractivity (Wildman–Crippen MR) is 56.3 cm³/mol. The molecule has 0 unspecified atom stereocenters. The normalized spacial score (nSPS) is 12.4. The van der Waals surface area contributed by atoms with E-state index in [4.69, 9.17) is 15.6 Å². The van der Waals surface area contributed by atoms with Gasteiger partial charge >= 0.3 is 5.97 Å². The maximum atomic E-state index is 10.5. The number of methoxy groups -OCH3 is 1. The smallest absolute Gasteiger partial charge is 0.305 e. The summed E-state index contributed by atoms with van der Waals surface area (Å²) in [5.41, 5.74) is 7.58. The molecule has 0 fully saturated rings. The van der Waals surface area contributed by atoms with E-state index < -0.39 is 12.0 Å². The van der Waals surface area contributed by atoms with Crippen molar-refractivity contribution in [3.8, 4) is 0 Å². The first kappa shape index (κ1) is 11.7. The molecule has 0 saturated carbocycles. The number of benzene rings is 1. The molecule has 0 bridgehead atoms. The first-order valence-corrected chi connectivity index (χ1v) is 4.68. The molecule has 0 saturated heterocycles. The lowest BCUT2D eigenvalue weighted by Crippen LogP contribution is -2.14. The van der Waals surface area contributed by atoms with Gasteiger partial charge in [0.05, 0.1) is 13.0 Å². The molecule has 1 aromatic carbocycles. The van der Waals surface area contributed by atoms with E-state index in [0.717, 1.165) is 11.1 Å². The van der Waals surface area contributed by atoms with Crippen LogP contribution in [0.1, 0.15) is 23.6 Å². The summed E-state index contributed by atoms with van der Waals surface area (Å²) in [5, 5.41) is 8.58. The molecule has 0 radical (unpaired) electrons. The zero-order chi connectivity index (χ0) is 11.3. The van der Waals surface area contributed by atoms with Gasteiger partial charge < -0.3 is 15.6 Å². The van der Waals surface area contributed by atoms with Gasteiger partial charge in [-0.3, -0.25) is 4.79 Å². The summed E-state index contributed by atoms with van der Waals surface area (Å²) in [4.78, 5) is 10.5. The molecular formula is C11H15NO3. The lowest BCUT2D eigenvalue weighted by molar-refractivity contribution is -0.137. The van der Waals surface area contributed by atoms with E-state index in [1.54, 1.807) is 7.11 Å². The van der Waals surface area contributed by atoms with Gasteiger partial charge in [-0.2, -0.15) is 0 Å². The summed E-state index contributed by atoms with van der Waals surface area (Å²) in [5.74, 6) is -0.886. The van der Waals surface area contributed by atoms with Crippen LogP contribution in [0.3, 0.4) is 0 Å². The van der Waals surface area contributed by atoms with Crippen LogP contribution in [0.5, 0.6) is 0 Å². The molecule has 1 rings (SSSR count). The zero-order valence-corrected chi connectivity index (χ0v) is 8.64. The van der Waals surface area contributed by atoms with E-state index in [-0.39, 0.29) is 6.42 Å². The van der Waals surface area contributed by atoms with Gasteiger partial charge in [-0.25, -0.2) is 0 Å². The largest absolute Gasteiger partial charge is 0.481 e. The lowest BCUT2D eigenvalue weighted by atomic mass is 10.0. The van der Waals surface area contributed by atoms with Gasteiger partial charge in [0, 0.05) is 13.2 Å². The molecule has 82 valence electrons. The molecule has 0 spiro atoms. The van der Waals surface area contributed by atoms with Crippen LogP contribution in [0.15, 0.2) is 24.3 Å². The van der Waals surface area contributed by atoms with Crippen molar-refractivity contribution in [2.75, 3.05) is 7.11 Å². The third kappa shape index (κ3) is 3.69. The number of ether oxygens (including phenoxy) is 1. The SMILES string of the molecule is COCc1ccc([C@H](N)CC(=O)O)cc1. The highest BCUT2D eigenvalue weighted by Gasteiger charge is 2.09. The number of carbonyl (C=O) groups is 1. The fraction of sp³-hybridized carbons (Fsp3) is 0.364. The molecule has 0 aliphatic heterocycles. The number of rotatable bonds is 5. The minimum Gasteiger partial charge on any atom is -0.481 e. The fourth-order valence-electron chi connectivity index (χ4n) is 1.33. The maximum absolute atomic E-state index is 10.5. The Morgan fingerprint density at radius 2 is 2.07 bits per heavy atom. The Morgan fingerprint density at radius 1 is 1.47 bits per heavy atom. The highest BCUT2D eigenvalue weighted by molar-refractivity contribution is 5.67. The number of carboxylic acid groups (broad SMARTS) is 1. The highest BCUT2D eigenvalue weighted by atomic mass is 16.5. The molecule has 0 aromatic heterocycles. The Morgan fingerprint density at radius 3 is 2.53 bits per heavy atom. The maximum Gasteiger partial charge on any atom is 0.305 e. The average molecular weight is 209 g/mol. The van der Waals surface area contributed by atoms with Gasteiger partial charge in [0.15, 0.2) is 0 Å². The Kier molecular flexibility index (Phi) is 4.27. The minimum absolute atomic E-state index is 0.0520. The molecule has 3 N–H and O–H groups in total. The second kappa shape index (κ2) is 5.48. The molecule has 4 nitrogen and oxygen atoms in total. The van der Waals surface area contributed by atoms with Crippen molar-refractivity contribution in [3.05, 3.63) is 35.4 Å². The lowest BCUT2D eigenvalue weighted by Gasteiger charge is -2.09. The summed E-state index contributed by atoms with van der Waals surface area (Å²) in [6, 6.07) is 7.00. The van der Waals surface area contributed by atoms with E-state index >= 15 is 0 Å². The molecule has 0 aliphatic rings.